The number of nitrogens with one attached hydrogen (secondary N) is 1. The second kappa shape index (κ2) is 9.50. The van der Waals surface area contributed by atoms with Crippen molar-refractivity contribution in [3.05, 3.63) is 72.6 Å². The summed E-state index contributed by atoms with van der Waals surface area (Å²) in [5.41, 5.74) is 0.621. The summed E-state index contributed by atoms with van der Waals surface area (Å²) in [6.45, 7) is 0. The van der Waals surface area contributed by atoms with Crippen LogP contribution in [0.4, 0.5) is 0 Å². The van der Waals surface area contributed by atoms with Gasteiger partial charge < -0.3 is 10.4 Å². The molecule has 0 spiro atoms. The summed E-state index contributed by atoms with van der Waals surface area (Å²) in [5, 5.41) is 12.8. The summed E-state index contributed by atoms with van der Waals surface area (Å²) >= 11 is 8.87. The first-order valence-corrected chi connectivity index (χ1v) is 14.3. The Balaban J connectivity index is 1.35. The van der Waals surface area contributed by atoms with Gasteiger partial charge in [0.1, 0.15) is 17.1 Å². The van der Waals surface area contributed by atoms with E-state index in [2.05, 4.69) is 21.2 Å². The molecule has 0 aliphatic carbocycles. The quantitative estimate of drug-likeness (QED) is 0.414. The van der Waals surface area contributed by atoms with Gasteiger partial charge in [-0.25, -0.2) is 4.79 Å². The molecular formula is C22H15BrN2O5S4. The Morgan fingerprint density at radius 1 is 1.18 bits per heavy atom. The molecule has 0 bridgehead atoms. The highest BCUT2D eigenvalue weighted by Crippen LogP contribution is 2.46. The van der Waals surface area contributed by atoms with Gasteiger partial charge in [-0.3, -0.25) is 19.3 Å². The number of hydrogen-bond donors (Lipinski definition) is 2. The second-order valence-electron chi connectivity index (χ2n) is 7.48. The number of nitrogens with zero attached hydrogens (tertiary/aromatic N) is 1. The Morgan fingerprint density at radius 2 is 1.94 bits per heavy atom. The van der Waals surface area contributed by atoms with Crippen LogP contribution in [-0.2, 0) is 20.8 Å². The highest BCUT2D eigenvalue weighted by molar-refractivity contribution is 9.11. The number of β-lactam (4-membered cyclic amide) rings is 1. The maximum absolute atomic E-state index is 12.9. The number of thiophene rings is 1. The molecule has 4 heterocycles. The number of rotatable bonds is 6. The number of carbonyl (C=O) groups excluding carboxylic acids is 2. The lowest BCUT2D eigenvalue weighted by Gasteiger charge is -2.49. The number of fused-ring (bicyclic) bond motifs is 2. The molecule has 3 aromatic rings. The second-order valence-corrected chi connectivity index (χ2v) is 13.7. The zero-order valence-corrected chi connectivity index (χ0v) is 22.0. The zero-order valence-electron chi connectivity index (χ0n) is 17.1. The van der Waals surface area contributed by atoms with Crippen molar-refractivity contribution in [2.75, 3.05) is 5.75 Å². The van der Waals surface area contributed by atoms with E-state index in [1.165, 1.54) is 57.2 Å². The minimum atomic E-state index is -1.21. The lowest BCUT2D eigenvalue weighted by atomic mass is 10.0. The topological polar surface area (TPSA) is 104 Å². The van der Waals surface area contributed by atoms with Gasteiger partial charge >= 0.3 is 5.97 Å². The molecule has 12 heteroatoms. The third-order valence-corrected chi connectivity index (χ3v) is 10.8. The Kier molecular flexibility index (Phi) is 6.60. The van der Waals surface area contributed by atoms with Crippen LogP contribution < -0.4 is 10.7 Å². The third-order valence-electron chi connectivity index (χ3n) is 5.26. The zero-order chi connectivity index (χ0) is 24.0. The number of carboxylic acids is 1. The number of halogens is 1. The van der Waals surface area contributed by atoms with Crippen LogP contribution in [0.15, 0.2) is 65.9 Å². The van der Waals surface area contributed by atoms with Gasteiger partial charge in [-0.05, 0) is 27.6 Å². The molecular weight excluding hydrogens is 580 g/mol. The van der Waals surface area contributed by atoms with Gasteiger partial charge in [0, 0.05) is 16.7 Å². The van der Waals surface area contributed by atoms with Crippen LogP contribution in [0.5, 0.6) is 0 Å². The highest BCUT2D eigenvalue weighted by Gasteiger charge is 2.54. The first-order chi connectivity index (χ1) is 16.3. The minimum Gasteiger partial charge on any atom is -0.477 e. The molecule has 2 N–H and O–H groups in total. The van der Waals surface area contributed by atoms with Crippen molar-refractivity contribution in [2.24, 2.45) is 0 Å². The normalized spacial score (nSPS) is 19.7. The number of amides is 2. The number of thioether (sulfide) groups is 2. The van der Waals surface area contributed by atoms with Gasteiger partial charge in [0.2, 0.25) is 5.91 Å². The standard InChI is InChI=1S/C22H15BrN2O5S4/c23-14-7-11-12(26)8-16(34-22(11)33-14)32-13-9-31-20-17(19(28)25(20)18(13)21(29)30)24-15(27)6-10-4-2-1-3-5-10/h1-5,7-8,17,20H,6,9H2,(H,24,27)(H,29,30)/t17?,20-/m1/s1. The fourth-order valence-corrected chi connectivity index (χ4v) is 9.93. The molecule has 1 unspecified atom stereocenters. The van der Waals surface area contributed by atoms with E-state index >= 15 is 0 Å². The van der Waals surface area contributed by atoms with E-state index in [1.807, 2.05) is 30.3 Å². The van der Waals surface area contributed by atoms with E-state index in [0.29, 0.717) is 20.3 Å². The van der Waals surface area contributed by atoms with Crippen molar-refractivity contribution >= 4 is 89.3 Å². The van der Waals surface area contributed by atoms with Crippen molar-refractivity contribution in [3.63, 3.8) is 0 Å². The summed E-state index contributed by atoms with van der Waals surface area (Å²) in [4.78, 5) is 51.6. The van der Waals surface area contributed by atoms with E-state index in [9.17, 15) is 24.3 Å². The van der Waals surface area contributed by atoms with Gasteiger partial charge in [0.05, 0.1) is 23.8 Å². The third kappa shape index (κ3) is 4.44. The van der Waals surface area contributed by atoms with E-state index in [0.717, 1.165) is 13.4 Å². The Hall–Kier alpha value is -2.12. The molecule has 1 aromatic carbocycles. The molecule has 1 fully saturated rings. The van der Waals surface area contributed by atoms with Crippen molar-refractivity contribution in [3.8, 4) is 0 Å². The van der Waals surface area contributed by atoms with Crippen LogP contribution in [0, 0.1) is 0 Å². The van der Waals surface area contributed by atoms with Crippen molar-refractivity contribution in [2.45, 2.75) is 22.0 Å². The first-order valence-electron chi connectivity index (χ1n) is 9.97. The van der Waals surface area contributed by atoms with Crippen molar-refractivity contribution in [1.29, 1.82) is 0 Å². The Bertz CT molecular complexity index is 1420. The largest absolute Gasteiger partial charge is 0.477 e. The van der Waals surface area contributed by atoms with Crippen LogP contribution in [0.3, 0.4) is 0 Å². The fraction of sp³-hybridized carbons (Fsp3) is 0.182. The number of carboxylic acid groups (broad SMARTS) is 1. The van der Waals surface area contributed by atoms with Crippen molar-refractivity contribution < 1.29 is 19.5 Å². The molecule has 2 atom stereocenters. The summed E-state index contributed by atoms with van der Waals surface area (Å²) in [6, 6.07) is 11.7. The average Bonchev–Trinajstić information content (AvgIpc) is 3.18. The lowest BCUT2D eigenvalue weighted by molar-refractivity contribution is -0.150. The molecule has 2 aliphatic rings. The number of aliphatic carboxylic acids is 1. The fourth-order valence-electron chi connectivity index (χ4n) is 3.75. The van der Waals surface area contributed by atoms with Gasteiger partial charge in [0.25, 0.3) is 5.91 Å². The Labute approximate surface area is 218 Å². The van der Waals surface area contributed by atoms with Crippen LogP contribution in [-0.4, -0.2) is 45.0 Å². The van der Waals surface area contributed by atoms with Crippen LogP contribution in [0.1, 0.15) is 5.56 Å². The summed E-state index contributed by atoms with van der Waals surface area (Å²) in [6.07, 6.45) is 0.144. The first kappa shape index (κ1) is 23.6. The maximum Gasteiger partial charge on any atom is 0.353 e. The molecule has 174 valence electrons. The molecule has 5 rings (SSSR count). The van der Waals surface area contributed by atoms with E-state index < -0.39 is 23.3 Å². The molecule has 1 saturated heterocycles. The predicted molar refractivity (Wildman–Crippen MR) is 139 cm³/mol. The van der Waals surface area contributed by atoms with E-state index in [1.54, 1.807) is 6.07 Å². The Morgan fingerprint density at radius 3 is 2.68 bits per heavy atom. The highest BCUT2D eigenvalue weighted by atomic mass is 79.9. The molecule has 0 radical (unpaired) electrons. The lowest BCUT2D eigenvalue weighted by Crippen LogP contribution is -2.70. The average molecular weight is 596 g/mol. The monoisotopic (exact) mass is 594 g/mol. The summed E-state index contributed by atoms with van der Waals surface area (Å²) in [5.74, 6) is -1.58. The smallest absolute Gasteiger partial charge is 0.353 e. The van der Waals surface area contributed by atoms with Crippen LogP contribution in [0.2, 0.25) is 0 Å². The van der Waals surface area contributed by atoms with Gasteiger partial charge in [0.15, 0.2) is 5.43 Å². The van der Waals surface area contributed by atoms with Crippen LogP contribution >= 0.6 is 62.1 Å². The molecule has 2 amide bonds. The van der Waals surface area contributed by atoms with Crippen LogP contribution in [0.25, 0.3) is 9.40 Å². The van der Waals surface area contributed by atoms with Gasteiger partial charge in [-0.15, -0.1) is 34.4 Å². The minimum absolute atomic E-state index is 0.0839. The molecule has 7 nitrogen and oxygen atoms in total. The van der Waals surface area contributed by atoms with Gasteiger partial charge in [-0.2, -0.15) is 0 Å². The maximum atomic E-state index is 12.9. The summed E-state index contributed by atoms with van der Waals surface area (Å²) in [7, 11) is 0. The van der Waals surface area contributed by atoms with E-state index in [-0.39, 0.29) is 23.5 Å². The van der Waals surface area contributed by atoms with Crippen molar-refractivity contribution in [1.82, 2.24) is 10.2 Å². The van der Waals surface area contributed by atoms with E-state index in [4.69, 9.17) is 0 Å². The molecule has 2 aliphatic heterocycles. The SMILES string of the molecule is O=C(Cc1ccccc1)NC1C(=O)N2C(C(=O)O)=C(Sc3cc(=O)c4cc(Br)sc4s3)CS[C@H]12. The number of hydrogen-bond acceptors (Lipinski definition) is 8. The number of benzene rings is 1. The van der Waals surface area contributed by atoms with Gasteiger partial charge in [-0.1, -0.05) is 42.1 Å². The molecule has 34 heavy (non-hydrogen) atoms. The molecule has 0 saturated carbocycles. The summed E-state index contributed by atoms with van der Waals surface area (Å²) < 4.78 is 2.37. The number of carbonyl (C=O) groups is 3. The molecule has 2 aromatic heterocycles. The predicted octanol–water partition coefficient (Wildman–Crippen LogP) is 4.12.